The highest BCUT2D eigenvalue weighted by molar-refractivity contribution is 5.93. The minimum Gasteiger partial charge on any atom is -0.288 e. The topological polar surface area (TPSA) is 62.2 Å². The van der Waals surface area contributed by atoms with Crippen molar-refractivity contribution in [1.82, 2.24) is 10.5 Å². The lowest BCUT2D eigenvalue weighted by atomic mass is 10.2. The molecular weight excluding hydrogens is 228 g/mol. The molecule has 0 aliphatic rings. The number of hydrogen-bond donors (Lipinski definition) is 2. The molecule has 1 aromatic heterocycles. The van der Waals surface area contributed by atoms with Crippen LogP contribution >= 0.6 is 0 Å². The van der Waals surface area contributed by atoms with E-state index in [9.17, 15) is 4.79 Å². The van der Waals surface area contributed by atoms with E-state index in [1.807, 2.05) is 30.3 Å². The molecule has 4 nitrogen and oxygen atoms in total. The van der Waals surface area contributed by atoms with Crippen LogP contribution in [-0.4, -0.2) is 16.1 Å². The van der Waals surface area contributed by atoms with Gasteiger partial charge in [-0.15, -0.1) is 0 Å². The molecule has 0 saturated carbocycles. The zero-order chi connectivity index (χ0) is 12.8. The molecule has 0 aliphatic carbocycles. The Morgan fingerprint density at radius 1 is 1.11 bits per heavy atom. The molecule has 0 aliphatic heterocycles. The summed E-state index contributed by atoms with van der Waals surface area (Å²) in [7, 11) is 0. The van der Waals surface area contributed by atoms with Crippen LogP contribution in [0.3, 0.4) is 0 Å². The van der Waals surface area contributed by atoms with Gasteiger partial charge in [0.1, 0.15) is 0 Å². The van der Waals surface area contributed by atoms with Crippen LogP contribution in [0.2, 0.25) is 0 Å². The van der Waals surface area contributed by atoms with Gasteiger partial charge in [0.05, 0.1) is 5.56 Å². The highest BCUT2D eigenvalue weighted by Crippen LogP contribution is 2.02. The first kappa shape index (κ1) is 11.8. The Kier molecular flexibility index (Phi) is 3.69. The Balaban J connectivity index is 2.25. The number of rotatable bonds is 1. The van der Waals surface area contributed by atoms with Gasteiger partial charge < -0.3 is 0 Å². The second kappa shape index (κ2) is 5.62. The van der Waals surface area contributed by atoms with Crippen molar-refractivity contribution in [3.05, 3.63) is 65.5 Å². The fraction of sp³-hybridized carbons (Fsp3) is 0. The van der Waals surface area contributed by atoms with E-state index < -0.39 is 5.91 Å². The van der Waals surface area contributed by atoms with Gasteiger partial charge in [0, 0.05) is 23.5 Å². The van der Waals surface area contributed by atoms with E-state index in [0.29, 0.717) is 5.56 Å². The van der Waals surface area contributed by atoms with Crippen molar-refractivity contribution in [2.45, 2.75) is 0 Å². The zero-order valence-corrected chi connectivity index (χ0v) is 9.42. The predicted molar refractivity (Wildman–Crippen MR) is 65.9 cm³/mol. The first-order valence-electron chi connectivity index (χ1n) is 5.26. The Bertz CT molecular complexity index is 612. The summed E-state index contributed by atoms with van der Waals surface area (Å²) >= 11 is 0. The van der Waals surface area contributed by atoms with Crippen LogP contribution in [0.15, 0.2) is 48.8 Å². The molecule has 2 aromatic rings. The third kappa shape index (κ3) is 2.94. The number of pyridine rings is 1. The van der Waals surface area contributed by atoms with Gasteiger partial charge in [-0.3, -0.25) is 15.0 Å². The summed E-state index contributed by atoms with van der Waals surface area (Å²) in [4.78, 5) is 15.1. The lowest BCUT2D eigenvalue weighted by molar-refractivity contribution is 0.0706. The maximum absolute atomic E-state index is 11.2. The van der Waals surface area contributed by atoms with E-state index in [1.165, 1.54) is 6.20 Å². The molecule has 1 aromatic carbocycles. The molecule has 0 spiro atoms. The van der Waals surface area contributed by atoms with Crippen molar-refractivity contribution in [2.24, 2.45) is 0 Å². The van der Waals surface area contributed by atoms with Gasteiger partial charge in [-0.1, -0.05) is 30.0 Å². The minimum atomic E-state index is -0.606. The predicted octanol–water partition coefficient (Wildman–Crippen LogP) is 1.60. The Hall–Kier alpha value is -2.64. The van der Waals surface area contributed by atoms with Crippen LogP contribution in [0, 0.1) is 11.8 Å². The van der Waals surface area contributed by atoms with Gasteiger partial charge in [-0.2, -0.15) is 0 Å². The molecule has 0 saturated heterocycles. The summed E-state index contributed by atoms with van der Waals surface area (Å²) in [6.07, 6.45) is 2.92. The summed E-state index contributed by atoms with van der Waals surface area (Å²) in [5, 5.41) is 8.52. The number of carbonyl (C=O) groups excluding carboxylic acids is 1. The average molecular weight is 238 g/mol. The first-order valence-corrected chi connectivity index (χ1v) is 5.26. The molecule has 0 unspecified atom stereocenters. The highest BCUT2D eigenvalue weighted by Gasteiger charge is 2.03. The molecule has 0 fully saturated rings. The van der Waals surface area contributed by atoms with Crippen molar-refractivity contribution in [3.8, 4) is 11.8 Å². The Morgan fingerprint density at radius 3 is 2.56 bits per heavy atom. The molecule has 0 atom stereocenters. The molecule has 1 heterocycles. The van der Waals surface area contributed by atoms with Crippen LogP contribution in [0.25, 0.3) is 0 Å². The van der Waals surface area contributed by atoms with Gasteiger partial charge >= 0.3 is 0 Å². The molecule has 0 radical (unpaired) electrons. The highest BCUT2D eigenvalue weighted by atomic mass is 16.5. The Morgan fingerprint density at radius 2 is 1.83 bits per heavy atom. The number of hydroxylamine groups is 1. The van der Waals surface area contributed by atoms with E-state index >= 15 is 0 Å². The van der Waals surface area contributed by atoms with Crippen molar-refractivity contribution < 1.29 is 10.0 Å². The second-order valence-corrected chi connectivity index (χ2v) is 3.52. The SMILES string of the molecule is O=C(NO)c1cncc(C#Cc2ccccc2)c1. The molecule has 1 amide bonds. The molecule has 2 N–H and O–H groups in total. The van der Waals surface area contributed by atoms with Gasteiger partial charge in [0.2, 0.25) is 0 Å². The number of aromatic nitrogens is 1. The molecule has 4 heteroatoms. The van der Waals surface area contributed by atoms with E-state index in [-0.39, 0.29) is 5.56 Å². The quantitative estimate of drug-likeness (QED) is 0.450. The fourth-order valence-electron chi connectivity index (χ4n) is 1.36. The summed E-state index contributed by atoms with van der Waals surface area (Å²) < 4.78 is 0. The van der Waals surface area contributed by atoms with Crippen LogP contribution < -0.4 is 5.48 Å². The zero-order valence-electron chi connectivity index (χ0n) is 9.42. The minimum absolute atomic E-state index is 0.261. The summed E-state index contributed by atoms with van der Waals surface area (Å²) in [5.74, 6) is 5.26. The van der Waals surface area contributed by atoms with E-state index in [2.05, 4.69) is 16.8 Å². The van der Waals surface area contributed by atoms with Crippen LogP contribution in [0.4, 0.5) is 0 Å². The van der Waals surface area contributed by atoms with E-state index in [1.54, 1.807) is 17.7 Å². The van der Waals surface area contributed by atoms with Crippen LogP contribution in [0.5, 0.6) is 0 Å². The van der Waals surface area contributed by atoms with Crippen LogP contribution in [0.1, 0.15) is 21.5 Å². The number of nitrogens with one attached hydrogen (secondary N) is 1. The average Bonchev–Trinajstić information content (AvgIpc) is 2.45. The molecule has 2 rings (SSSR count). The van der Waals surface area contributed by atoms with Gasteiger partial charge in [-0.05, 0) is 18.2 Å². The largest absolute Gasteiger partial charge is 0.288 e. The number of nitrogens with zero attached hydrogens (tertiary/aromatic N) is 1. The smallest absolute Gasteiger partial charge is 0.276 e. The third-order valence-electron chi connectivity index (χ3n) is 2.23. The van der Waals surface area contributed by atoms with Gasteiger partial charge in [-0.25, -0.2) is 5.48 Å². The van der Waals surface area contributed by atoms with Crippen molar-refractivity contribution in [2.75, 3.05) is 0 Å². The monoisotopic (exact) mass is 238 g/mol. The third-order valence-corrected chi connectivity index (χ3v) is 2.23. The van der Waals surface area contributed by atoms with E-state index in [0.717, 1.165) is 5.56 Å². The normalized spacial score (nSPS) is 9.17. The lowest BCUT2D eigenvalue weighted by Crippen LogP contribution is -2.18. The second-order valence-electron chi connectivity index (χ2n) is 3.52. The maximum Gasteiger partial charge on any atom is 0.276 e. The number of carbonyl (C=O) groups is 1. The van der Waals surface area contributed by atoms with Crippen LogP contribution in [-0.2, 0) is 0 Å². The van der Waals surface area contributed by atoms with E-state index in [4.69, 9.17) is 5.21 Å². The fourth-order valence-corrected chi connectivity index (χ4v) is 1.36. The summed E-state index contributed by atoms with van der Waals surface area (Å²) in [5.41, 5.74) is 3.31. The summed E-state index contributed by atoms with van der Waals surface area (Å²) in [6.45, 7) is 0. The van der Waals surface area contributed by atoms with Crippen molar-refractivity contribution >= 4 is 5.91 Å². The maximum atomic E-state index is 11.2. The number of hydrogen-bond acceptors (Lipinski definition) is 3. The molecule has 0 bridgehead atoms. The molecular formula is C14H10N2O2. The van der Waals surface area contributed by atoms with Gasteiger partial charge in [0.25, 0.3) is 5.91 Å². The standard InChI is InChI=1S/C14H10N2O2/c17-14(16-18)13-8-12(9-15-10-13)7-6-11-4-2-1-3-5-11/h1-5,8-10,18H,(H,16,17). The van der Waals surface area contributed by atoms with Gasteiger partial charge in [0.15, 0.2) is 0 Å². The molecule has 18 heavy (non-hydrogen) atoms. The number of benzene rings is 1. The summed E-state index contributed by atoms with van der Waals surface area (Å²) in [6, 6.07) is 11.1. The van der Waals surface area contributed by atoms with Crippen molar-refractivity contribution in [3.63, 3.8) is 0 Å². The lowest BCUT2D eigenvalue weighted by Gasteiger charge is -1.97. The first-order chi connectivity index (χ1) is 8.79. The van der Waals surface area contributed by atoms with Crippen molar-refractivity contribution in [1.29, 1.82) is 0 Å². The molecule has 88 valence electrons. The Labute approximate surface area is 104 Å². The number of amides is 1.